The highest BCUT2D eigenvalue weighted by atomic mass is 14.0. The second-order valence-electron chi connectivity index (χ2n) is 4.41. The van der Waals surface area contributed by atoms with Gasteiger partial charge in [-0.15, -0.1) is 0 Å². The predicted octanol–water partition coefficient (Wildman–Crippen LogP) is 7.96. The van der Waals surface area contributed by atoms with E-state index >= 15 is 0 Å². The maximum absolute atomic E-state index is 2.19. The van der Waals surface area contributed by atoms with E-state index in [2.05, 4.69) is 55.4 Å². The second-order valence-corrected chi connectivity index (χ2v) is 4.41. The molecule has 0 nitrogen and oxygen atoms in total. The highest BCUT2D eigenvalue weighted by Gasteiger charge is 1.95. The van der Waals surface area contributed by atoms with Crippen LogP contribution in [0.2, 0.25) is 0 Å². The summed E-state index contributed by atoms with van der Waals surface area (Å²) in [7, 11) is 0. The first kappa shape index (κ1) is 36.0. The van der Waals surface area contributed by atoms with Gasteiger partial charge in [-0.05, 0) is 5.41 Å². The Morgan fingerprint density at radius 3 is 0.471 bits per heavy atom. The molecule has 0 N–H and O–H groups in total. The Morgan fingerprint density at radius 1 is 0.471 bits per heavy atom. The Balaban J connectivity index is -0.0000000225. The first-order valence-corrected chi connectivity index (χ1v) is 7.83. The van der Waals surface area contributed by atoms with E-state index in [1.807, 2.05) is 41.5 Å². The lowest BCUT2D eigenvalue weighted by Crippen LogP contribution is -1.93. The minimum atomic E-state index is 0.500. The maximum Gasteiger partial charge on any atom is -0.0411 e. The van der Waals surface area contributed by atoms with Gasteiger partial charge in [-0.1, -0.05) is 110 Å². The zero-order chi connectivity index (χ0) is 15.9. The number of rotatable bonds is 0. The van der Waals surface area contributed by atoms with Crippen molar-refractivity contribution in [3.63, 3.8) is 0 Å². The minimum Gasteiger partial charge on any atom is -0.0683 e. The predicted molar refractivity (Wildman–Crippen MR) is 91.1 cm³/mol. The summed E-state index contributed by atoms with van der Waals surface area (Å²) in [4.78, 5) is 0. The van der Waals surface area contributed by atoms with E-state index in [4.69, 9.17) is 0 Å². The third-order valence-corrected chi connectivity index (χ3v) is 0. The molecule has 0 aromatic carbocycles. The van der Waals surface area contributed by atoms with E-state index in [1.54, 1.807) is 0 Å². The van der Waals surface area contributed by atoms with Crippen molar-refractivity contribution in [2.75, 3.05) is 0 Å². The van der Waals surface area contributed by atoms with Gasteiger partial charge in [0.25, 0.3) is 0 Å². The quantitative estimate of drug-likeness (QED) is 0.409. The third kappa shape index (κ3) is 0. The van der Waals surface area contributed by atoms with Crippen molar-refractivity contribution in [2.24, 2.45) is 5.41 Å². The summed E-state index contributed by atoms with van der Waals surface area (Å²) >= 11 is 0. The van der Waals surface area contributed by atoms with Crippen LogP contribution in [0.1, 0.15) is 110 Å². The summed E-state index contributed by atoms with van der Waals surface area (Å²) in [6.45, 7) is 29.2. The molecule has 0 spiro atoms. The van der Waals surface area contributed by atoms with Crippen LogP contribution in [-0.2, 0) is 0 Å². The van der Waals surface area contributed by atoms with Crippen LogP contribution in [0.25, 0.3) is 0 Å². The molecule has 0 atom stereocenters. The molecule has 0 aliphatic heterocycles. The van der Waals surface area contributed by atoms with Crippen molar-refractivity contribution in [2.45, 2.75) is 110 Å². The van der Waals surface area contributed by atoms with Crippen molar-refractivity contribution in [3.05, 3.63) is 0 Å². The Kier molecular flexibility index (Phi) is 119. The first-order valence-electron chi connectivity index (χ1n) is 7.83. The smallest absolute Gasteiger partial charge is 0.0411 e. The van der Waals surface area contributed by atoms with Crippen LogP contribution in [0.5, 0.6) is 0 Å². The fourth-order valence-corrected chi connectivity index (χ4v) is 0. The number of hydrogen-bond acceptors (Lipinski definition) is 0. The average Bonchev–Trinajstić information content (AvgIpc) is 2.26. The second kappa shape index (κ2) is 56.2. The van der Waals surface area contributed by atoms with Crippen molar-refractivity contribution in [1.82, 2.24) is 0 Å². The van der Waals surface area contributed by atoms with Gasteiger partial charge in [0, 0.05) is 0 Å². The molecule has 17 heavy (non-hydrogen) atoms. The van der Waals surface area contributed by atoms with Crippen LogP contribution in [0, 0.1) is 5.41 Å². The SMILES string of the molecule is CC.CC.CC.CC(C)(C)C.CCC.CCC. The Labute approximate surface area is 116 Å². The highest BCUT2D eigenvalue weighted by Crippen LogP contribution is 2.07. The molecule has 0 aliphatic rings. The Hall–Kier alpha value is 0. The largest absolute Gasteiger partial charge is 0.0683 e. The van der Waals surface area contributed by atoms with Gasteiger partial charge in [0.15, 0.2) is 0 Å². The van der Waals surface area contributed by atoms with E-state index < -0.39 is 0 Å². The molecule has 0 bridgehead atoms. The average molecular weight is 251 g/mol. The van der Waals surface area contributed by atoms with Gasteiger partial charge in [-0.2, -0.15) is 0 Å². The lowest BCUT2D eigenvalue weighted by molar-refractivity contribution is 0.469. The molecule has 0 heterocycles. The van der Waals surface area contributed by atoms with Gasteiger partial charge in [-0.3, -0.25) is 0 Å². The van der Waals surface area contributed by atoms with E-state index in [0.29, 0.717) is 5.41 Å². The van der Waals surface area contributed by atoms with Gasteiger partial charge < -0.3 is 0 Å². The van der Waals surface area contributed by atoms with E-state index in [9.17, 15) is 0 Å². The number of hydrogen-bond donors (Lipinski definition) is 0. The first-order chi connectivity index (χ1) is 7.83. The molecule has 114 valence electrons. The van der Waals surface area contributed by atoms with Gasteiger partial charge >= 0.3 is 0 Å². The highest BCUT2D eigenvalue weighted by molar-refractivity contribution is 4.47. The van der Waals surface area contributed by atoms with Gasteiger partial charge in [0.05, 0.1) is 0 Å². The summed E-state index contributed by atoms with van der Waals surface area (Å²) in [5, 5.41) is 0. The molecule has 0 aromatic heterocycles. The standard InChI is InChI=1S/C5H12.2C3H8.3C2H6/c1-5(2,3)4;2*1-3-2;3*1-2/h1-4H3;2*3H2,1-2H3;3*1-2H3. The monoisotopic (exact) mass is 250 g/mol. The van der Waals surface area contributed by atoms with Crippen molar-refractivity contribution >= 4 is 0 Å². The fraction of sp³-hybridized carbons (Fsp3) is 1.00. The van der Waals surface area contributed by atoms with Crippen LogP contribution < -0.4 is 0 Å². The summed E-state index contributed by atoms with van der Waals surface area (Å²) < 4.78 is 0. The van der Waals surface area contributed by atoms with Crippen LogP contribution in [0.15, 0.2) is 0 Å². The van der Waals surface area contributed by atoms with E-state index in [1.165, 1.54) is 12.8 Å². The lowest BCUT2D eigenvalue weighted by atomic mass is 10.0. The molecule has 0 aromatic rings. The summed E-state index contributed by atoms with van der Waals surface area (Å²) in [5.41, 5.74) is 0.500. The van der Waals surface area contributed by atoms with Gasteiger partial charge in [-0.25, -0.2) is 0 Å². The van der Waals surface area contributed by atoms with E-state index in [0.717, 1.165) is 0 Å². The topological polar surface area (TPSA) is 0 Å². The molecule has 0 rings (SSSR count). The molecule has 0 unspecified atom stereocenters. The molecule has 0 saturated carbocycles. The summed E-state index contributed by atoms with van der Waals surface area (Å²) in [5.74, 6) is 0. The zero-order valence-electron chi connectivity index (χ0n) is 15.9. The molecule has 0 fully saturated rings. The normalized spacial score (nSPS) is 6.71. The molecule has 0 heteroatoms. The fourth-order valence-electron chi connectivity index (χ4n) is 0. The molecule has 0 radical (unpaired) electrons. The van der Waals surface area contributed by atoms with Crippen LogP contribution in [0.4, 0.5) is 0 Å². The molecule has 0 saturated heterocycles. The zero-order valence-corrected chi connectivity index (χ0v) is 15.9. The van der Waals surface area contributed by atoms with Crippen LogP contribution in [0.3, 0.4) is 0 Å². The van der Waals surface area contributed by atoms with Crippen molar-refractivity contribution in [1.29, 1.82) is 0 Å². The molecular weight excluding hydrogens is 204 g/mol. The minimum absolute atomic E-state index is 0.500. The van der Waals surface area contributed by atoms with Gasteiger partial charge in [0.1, 0.15) is 0 Å². The molecule has 0 aliphatic carbocycles. The lowest BCUT2D eigenvalue weighted by Gasteiger charge is -2.05. The molecular formula is C17H46. The summed E-state index contributed by atoms with van der Waals surface area (Å²) in [6, 6.07) is 0. The maximum atomic E-state index is 2.19. The van der Waals surface area contributed by atoms with Crippen LogP contribution >= 0.6 is 0 Å². The summed E-state index contributed by atoms with van der Waals surface area (Å²) in [6.07, 6.45) is 2.50. The third-order valence-electron chi connectivity index (χ3n) is 0. The van der Waals surface area contributed by atoms with Crippen molar-refractivity contribution < 1.29 is 0 Å². The Bertz CT molecular complexity index is 30.5. The van der Waals surface area contributed by atoms with E-state index in [-0.39, 0.29) is 0 Å². The van der Waals surface area contributed by atoms with Crippen molar-refractivity contribution in [3.8, 4) is 0 Å². The Morgan fingerprint density at radius 2 is 0.471 bits per heavy atom. The van der Waals surface area contributed by atoms with Crippen LogP contribution in [-0.4, -0.2) is 0 Å². The van der Waals surface area contributed by atoms with Gasteiger partial charge in [0.2, 0.25) is 0 Å². The molecule has 0 amide bonds.